The van der Waals surface area contributed by atoms with Crippen LogP contribution in [0.25, 0.3) is 0 Å². The number of rotatable bonds is 10. The Morgan fingerprint density at radius 3 is 1.53 bits per heavy atom. The van der Waals surface area contributed by atoms with Gasteiger partial charge in [-0.3, -0.25) is 0 Å². The van der Waals surface area contributed by atoms with Gasteiger partial charge < -0.3 is 0 Å². The predicted octanol–water partition coefficient (Wildman–Crippen LogP) is 5.08. The molecule has 0 bridgehead atoms. The van der Waals surface area contributed by atoms with Crippen LogP contribution < -0.4 is 0 Å². The van der Waals surface area contributed by atoms with Gasteiger partial charge in [-0.15, -0.1) is 0 Å². The average molecular weight is 607 g/mol. The van der Waals surface area contributed by atoms with Crippen LogP contribution in [0, 0.1) is 0 Å². The average Bonchev–Trinajstić information content (AvgIpc) is 2.20. The van der Waals surface area contributed by atoms with Gasteiger partial charge in [0.2, 0.25) is 0 Å². The summed E-state index contributed by atoms with van der Waals surface area (Å²) in [6.45, 7) is 6.23. The molecule has 0 saturated heterocycles. The molecule has 0 aliphatic carbocycles. The van der Waals surface area contributed by atoms with Crippen LogP contribution in [0.15, 0.2) is 0 Å². The van der Waals surface area contributed by atoms with E-state index in [1.54, 1.807) is 0 Å². The summed E-state index contributed by atoms with van der Waals surface area (Å²) in [7, 11) is 0. The Morgan fingerprint density at radius 2 is 1.20 bits per heavy atom. The van der Waals surface area contributed by atoms with Gasteiger partial charge in [0.05, 0.1) is 0 Å². The molecule has 0 spiro atoms. The van der Waals surface area contributed by atoms with E-state index >= 15 is 0 Å². The molecule has 0 aromatic rings. The molecule has 0 N–H and O–H groups in total. The second-order valence-corrected chi connectivity index (χ2v) is 49.1. The molecule has 0 aliphatic rings. The zero-order valence-electron chi connectivity index (χ0n) is 9.73. The summed E-state index contributed by atoms with van der Waals surface area (Å²) in [6.07, 6.45) is 7.42. The van der Waals surface area contributed by atoms with Gasteiger partial charge in [-0.25, -0.2) is 0 Å². The molecule has 0 saturated carbocycles. The Kier molecular flexibility index (Phi) is 13.0. The van der Waals surface area contributed by atoms with Gasteiger partial charge in [0.15, 0.2) is 0 Å². The molecule has 92 valence electrons. The second kappa shape index (κ2) is 11.3. The van der Waals surface area contributed by atoms with Gasteiger partial charge in [0.1, 0.15) is 0 Å². The molecule has 0 atom stereocenters. The van der Waals surface area contributed by atoms with Crippen molar-refractivity contribution in [2.45, 2.75) is 52.4 Å². The van der Waals surface area contributed by atoms with Gasteiger partial charge in [-0.2, -0.15) is 0 Å². The van der Waals surface area contributed by atoms with Crippen LogP contribution in [0.2, 0.25) is 0 Å². The van der Waals surface area contributed by atoms with E-state index in [0.717, 1.165) is 13.2 Å². The quantitative estimate of drug-likeness (QED) is 0.196. The standard InChI is InChI=1S/2C5H11O.Hf.2HI/c2*1-2-3-4-5-6;;;/h2*2-5H2,1H3;;2*1H/q2*-1;+4;;/p-2. The van der Waals surface area contributed by atoms with E-state index in [-0.39, 0.29) is 0 Å². The molecule has 0 radical (unpaired) electrons. The van der Waals surface area contributed by atoms with Crippen LogP contribution in [0.3, 0.4) is 0 Å². The van der Waals surface area contributed by atoms with E-state index in [1.165, 1.54) is 38.5 Å². The third-order valence-corrected chi connectivity index (χ3v) is 16.1. The number of hydrogen-bond donors (Lipinski definition) is 0. The summed E-state index contributed by atoms with van der Waals surface area (Å²) in [5.41, 5.74) is 0. The molecule has 0 aliphatic heterocycles. The molecule has 5 heteroatoms. The van der Waals surface area contributed by atoms with E-state index in [9.17, 15) is 0 Å². The first kappa shape index (κ1) is 17.3. The van der Waals surface area contributed by atoms with Gasteiger partial charge in [-0.05, 0) is 0 Å². The summed E-state index contributed by atoms with van der Waals surface area (Å²) in [5, 5.41) is 0. The van der Waals surface area contributed by atoms with Gasteiger partial charge in [0.25, 0.3) is 0 Å². The molecule has 0 aromatic heterocycles. The minimum absolute atomic E-state index is 0.898. The normalized spacial score (nSPS) is 12.0. The Morgan fingerprint density at radius 1 is 0.800 bits per heavy atom. The molecular formula is C10H22HfI2O2. The summed E-state index contributed by atoms with van der Waals surface area (Å²) in [4.78, 5) is 0. The predicted molar refractivity (Wildman–Crippen MR) is 79.0 cm³/mol. The van der Waals surface area contributed by atoms with Gasteiger partial charge in [-0.1, -0.05) is 0 Å². The van der Waals surface area contributed by atoms with Crippen molar-refractivity contribution >= 4 is 36.3 Å². The molecule has 2 nitrogen and oxygen atoms in total. The van der Waals surface area contributed by atoms with Crippen LogP contribution in [-0.2, 0) is 18.2 Å². The van der Waals surface area contributed by atoms with Crippen LogP contribution in [0.4, 0.5) is 0 Å². The SMILES string of the molecule is CCCCC[O][Hf]([I])([I])[O]CCCCC. The number of hydrogen-bond acceptors (Lipinski definition) is 2. The fraction of sp³-hybridized carbons (Fsp3) is 1.00. The summed E-state index contributed by atoms with van der Waals surface area (Å²) in [5.74, 6) is 0. The summed E-state index contributed by atoms with van der Waals surface area (Å²) >= 11 is 2.18. The van der Waals surface area contributed by atoms with Crippen molar-refractivity contribution in [2.24, 2.45) is 0 Å². The van der Waals surface area contributed by atoms with E-state index in [0.29, 0.717) is 0 Å². The number of halogens is 2. The molecule has 15 heavy (non-hydrogen) atoms. The fourth-order valence-corrected chi connectivity index (χ4v) is 11.4. The zero-order valence-corrected chi connectivity index (χ0v) is 17.6. The van der Waals surface area contributed by atoms with Crippen molar-refractivity contribution in [3.63, 3.8) is 0 Å². The van der Waals surface area contributed by atoms with Crippen LogP contribution in [0.5, 0.6) is 0 Å². The molecule has 0 unspecified atom stereocenters. The Labute approximate surface area is 118 Å². The second-order valence-electron chi connectivity index (χ2n) is 3.57. The van der Waals surface area contributed by atoms with Crippen molar-refractivity contribution in [2.75, 3.05) is 13.2 Å². The van der Waals surface area contributed by atoms with Crippen molar-refractivity contribution < 1.29 is 18.2 Å². The minimum atomic E-state index is -2.70. The maximum absolute atomic E-state index is 5.89. The van der Waals surface area contributed by atoms with Gasteiger partial charge in [0, 0.05) is 0 Å². The van der Waals surface area contributed by atoms with E-state index in [2.05, 4.69) is 50.1 Å². The Bertz CT molecular complexity index is 131. The van der Waals surface area contributed by atoms with Crippen LogP contribution in [-0.4, -0.2) is 13.2 Å². The third kappa shape index (κ3) is 12.5. The maximum atomic E-state index is 5.89. The topological polar surface area (TPSA) is 18.5 Å². The van der Waals surface area contributed by atoms with Gasteiger partial charge >= 0.3 is 120 Å². The van der Waals surface area contributed by atoms with Crippen molar-refractivity contribution in [1.29, 1.82) is 0 Å². The zero-order chi connectivity index (χ0) is 11.6. The molecule has 0 amide bonds. The molecule has 0 aromatic carbocycles. The van der Waals surface area contributed by atoms with Crippen molar-refractivity contribution in [1.82, 2.24) is 0 Å². The first-order valence-corrected chi connectivity index (χ1v) is 29.1. The summed E-state index contributed by atoms with van der Waals surface area (Å²) in [6, 6.07) is 0. The first-order chi connectivity index (χ1) is 7.12. The first-order valence-electron chi connectivity index (χ1n) is 5.78. The summed E-state index contributed by atoms with van der Waals surface area (Å²) < 4.78 is 11.8. The van der Waals surface area contributed by atoms with E-state index < -0.39 is 12.5 Å². The molecule has 0 fully saturated rings. The molecule has 0 heterocycles. The van der Waals surface area contributed by atoms with Crippen LogP contribution in [0.1, 0.15) is 52.4 Å². The third-order valence-electron chi connectivity index (χ3n) is 2.04. The van der Waals surface area contributed by atoms with Crippen molar-refractivity contribution in [3.05, 3.63) is 0 Å². The van der Waals surface area contributed by atoms with E-state index in [4.69, 9.17) is 5.71 Å². The molecular weight excluding hydrogens is 584 g/mol. The fourth-order valence-electron chi connectivity index (χ4n) is 1.13. The Balaban J connectivity index is 3.40. The monoisotopic (exact) mass is 608 g/mol. The van der Waals surface area contributed by atoms with E-state index in [1.807, 2.05) is 0 Å². The Hall–Kier alpha value is 2.25. The van der Waals surface area contributed by atoms with Crippen molar-refractivity contribution in [3.8, 4) is 0 Å². The van der Waals surface area contributed by atoms with Crippen LogP contribution >= 0.6 is 36.3 Å². The number of unbranched alkanes of at least 4 members (excludes halogenated alkanes) is 4. The molecule has 0 rings (SSSR count).